The van der Waals surface area contributed by atoms with Crippen molar-refractivity contribution in [1.29, 1.82) is 0 Å². The molecular formula is C20H20F3N7O4S. The Morgan fingerprint density at radius 2 is 1.97 bits per heavy atom. The van der Waals surface area contributed by atoms with Crippen LogP contribution in [0.25, 0.3) is 28.2 Å². The molecule has 0 spiro atoms. The first-order valence-corrected chi connectivity index (χ1v) is 11.9. The lowest BCUT2D eigenvalue weighted by molar-refractivity contribution is -0.137. The smallest absolute Gasteiger partial charge is 0.383 e. The van der Waals surface area contributed by atoms with E-state index in [4.69, 9.17) is 4.74 Å². The van der Waals surface area contributed by atoms with Crippen LogP contribution in [0.3, 0.4) is 0 Å². The van der Waals surface area contributed by atoms with Crippen LogP contribution in [0.2, 0.25) is 0 Å². The summed E-state index contributed by atoms with van der Waals surface area (Å²) >= 11 is 0. The second kappa shape index (κ2) is 8.88. The Hall–Kier alpha value is -3.59. The second-order valence-corrected chi connectivity index (χ2v) is 9.65. The predicted octanol–water partition coefficient (Wildman–Crippen LogP) is 1.87. The van der Waals surface area contributed by atoms with Crippen molar-refractivity contribution in [2.45, 2.75) is 18.1 Å². The van der Waals surface area contributed by atoms with Crippen LogP contribution in [0.5, 0.6) is 0 Å². The summed E-state index contributed by atoms with van der Waals surface area (Å²) in [5.74, 6) is -0.886. The van der Waals surface area contributed by atoms with E-state index >= 15 is 0 Å². The molecule has 4 aromatic rings. The fourth-order valence-corrected chi connectivity index (χ4v) is 4.43. The van der Waals surface area contributed by atoms with E-state index in [1.54, 1.807) is 0 Å². The number of methoxy groups -OCH3 is 1. The zero-order chi connectivity index (χ0) is 25.5. The average molecular weight is 511 g/mol. The number of halogens is 3. The fraction of sp³-hybridized carbons (Fsp3) is 0.350. The van der Waals surface area contributed by atoms with Gasteiger partial charge in [0.05, 0.1) is 17.9 Å². The monoisotopic (exact) mass is 511 g/mol. The molecule has 0 bridgehead atoms. The van der Waals surface area contributed by atoms with Crippen LogP contribution in [0.1, 0.15) is 23.0 Å². The largest absolute Gasteiger partial charge is 0.417 e. The van der Waals surface area contributed by atoms with Crippen molar-refractivity contribution in [2.24, 2.45) is 7.05 Å². The van der Waals surface area contributed by atoms with Gasteiger partial charge in [0.1, 0.15) is 22.6 Å². The normalized spacial score (nSPS) is 12.5. The van der Waals surface area contributed by atoms with E-state index in [1.165, 1.54) is 37.9 Å². The van der Waals surface area contributed by atoms with Crippen LogP contribution < -0.4 is 5.32 Å². The van der Waals surface area contributed by atoms with E-state index in [2.05, 4.69) is 25.4 Å². The number of carbonyl (C=O) groups is 1. The maximum absolute atomic E-state index is 13.2. The van der Waals surface area contributed by atoms with Gasteiger partial charge < -0.3 is 14.6 Å². The third kappa shape index (κ3) is 4.32. The molecule has 1 N–H and O–H groups in total. The molecule has 186 valence electrons. The number of alkyl halides is 3. The average Bonchev–Trinajstić information content (AvgIpc) is 3.36. The Bertz CT molecular complexity index is 1540. The summed E-state index contributed by atoms with van der Waals surface area (Å²) in [7, 11) is -1.01. The van der Waals surface area contributed by atoms with Crippen molar-refractivity contribution < 1.29 is 31.1 Å². The third-order valence-electron chi connectivity index (χ3n) is 5.25. The SMILES string of the molecule is CCS(=O)(=O)c1nn2c(C(=O)NCCOC)ccnc2c1-c1nc2cc(C(F)(F)F)cnc2n1C. The minimum atomic E-state index is -4.63. The first-order chi connectivity index (χ1) is 16.5. The van der Waals surface area contributed by atoms with Gasteiger partial charge in [0.15, 0.2) is 26.2 Å². The van der Waals surface area contributed by atoms with Gasteiger partial charge in [-0.15, -0.1) is 0 Å². The number of hydrogen-bond donors (Lipinski definition) is 1. The number of ether oxygens (including phenoxy) is 1. The summed E-state index contributed by atoms with van der Waals surface area (Å²) in [6.45, 7) is 1.87. The third-order valence-corrected chi connectivity index (χ3v) is 6.88. The molecule has 0 aliphatic rings. The van der Waals surface area contributed by atoms with Crippen molar-refractivity contribution in [3.8, 4) is 11.4 Å². The van der Waals surface area contributed by atoms with Gasteiger partial charge in [-0.05, 0) is 12.1 Å². The number of amides is 1. The van der Waals surface area contributed by atoms with Gasteiger partial charge in [-0.1, -0.05) is 6.92 Å². The number of fused-ring (bicyclic) bond motifs is 2. The number of imidazole rings is 1. The minimum Gasteiger partial charge on any atom is -0.383 e. The highest BCUT2D eigenvalue weighted by Crippen LogP contribution is 2.34. The van der Waals surface area contributed by atoms with E-state index in [-0.39, 0.29) is 52.8 Å². The minimum absolute atomic E-state index is 0.00107. The lowest BCUT2D eigenvalue weighted by Crippen LogP contribution is -2.29. The summed E-state index contributed by atoms with van der Waals surface area (Å²) < 4.78 is 72.8. The summed E-state index contributed by atoms with van der Waals surface area (Å²) in [6, 6.07) is 2.19. The molecule has 0 saturated heterocycles. The van der Waals surface area contributed by atoms with Gasteiger partial charge in [-0.3, -0.25) is 4.79 Å². The molecule has 15 heteroatoms. The molecule has 0 saturated carbocycles. The van der Waals surface area contributed by atoms with Gasteiger partial charge in [-0.25, -0.2) is 27.9 Å². The van der Waals surface area contributed by atoms with Gasteiger partial charge in [0.25, 0.3) is 5.91 Å². The molecule has 0 radical (unpaired) electrons. The van der Waals surface area contributed by atoms with E-state index in [0.29, 0.717) is 6.20 Å². The van der Waals surface area contributed by atoms with Gasteiger partial charge in [0.2, 0.25) is 0 Å². The van der Waals surface area contributed by atoms with Crippen LogP contribution >= 0.6 is 0 Å². The highest BCUT2D eigenvalue weighted by atomic mass is 32.2. The molecule has 11 nitrogen and oxygen atoms in total. The number of nitrogens with one attached hydrogen (secondary N) is 1. The first kappa shape index (κ1) is 24.5. The number of sulfone groups is 1. The molecule has 1 amide bonds. The molecule has 0 aliphatic heterocycles. The van der Waals surface area contributed by atoms with E-state index < -0.39 is 32.5 Å². The summed E-state index contributed by atoms with van der Waals surface area (Å²) in [5.41, 5.74) is -1.05. The van der Waals surface area contributed by atoms with Crippen molar-refractivity contribution in [1.82, 2.24) is 34.4 Å². The van der Waals surface area contributed by atoms with Crippen LogP contribution in [-0.4, -0.2) is 69.5 Å². The Kier molecular flexibility index (Phi) is 6.23. The van der Waals surface area contributed by atoms with Crippen molar-refractivity contribution in [2.75, 3.05) is 26.0 Å². The van der Waals surface area contributed by atoms with Gasteiger partial charge in [0, 0.05) is 33.1 Å². The van der Waals surface area contributed by atoms with Crippen molar-refractivity contribution in [3.63, 3.8) is 0 Å². The van der Waals surface area contributed by atoms with Crippen LogP contribution in [0.15, 0.2) is 29.6 Å². The number of pyridine rings is 1. The Morgan fingerprint density at radius 1 is 1.23 bits per heavy atom. The molecule has 0 aromatic carbocycles. The lowest BCUT2D eigenvalue weighted by Gasteiger charge is -2.06. The highest BCUT2D eigenvalue weighted by molar-refractivity contribution is 7.91. The number of carbonyl (C=O) groups excluding carboxylic acids is 1. The Morgan fingerprint density at radius 3 is 2.63 bits per heavy atom. The molecule has 4 aromatic heterocycles. The summed E-state index contributed by atoms with van der Waals surface area (Å²) in [6.07, 6.45) is -2.66. The van der Waals surface area contributed by atoms with Gasteiger partial charge in [-0.2, -0.15) is 18.3 Å². The number of rotatable bonds is 7. The molecule has 0 aliphatic carbocycles. The number of aryl methyl sites for hydroxylation is 1. The molecule has 4 heterocycles. The van der Waals surface area contributed by atoms with Crippen molar-refractivity contribution in [3.05, 3.63) is 35.8 Å². The van der Waals surface area contributed by atoms with Crippen LogP contribution in [0, 0.1) is 0 Å². The topological polar surface area (TPSA) is 133 Å². The maximum atomic E-state index is 13.2. The first-order valence-electron chi connectivity index (χ1n) is 10.3. The predicted molar refractivity (Wildman–Crippen MR) is 117 cm³/mol. The number of hydrogen-bond acceptors (Lipinski definition) is 8. The second-order valence-electron chi connectivity index (χ2n) is 7.46. The summed E-state index contributed by atoms with van der Waals surface area (Å²) in [4.78, 5) is 25.0. The van der Waals surface area contributed by atoms with Crippen molar-refractivity contribution >= 4 is 32.6 Å². The number of aromatic nitrogens is 6. The van der Waals surface area contributed by atoms with E-state index in [1.807, 2.05) is 0 Å². The number of nitrogens with zero attached hydrogens (tertiary/aromatic N) is 6. The Labute approximate surface area is 196 Å². The molecular weight excluding hydrogens is 491 g/mol. The summed E-state index contributed by atoms with van der Waals surface area (Å²) in [5, 5.41) is 6.39. The Balaban J connectivity index is 1.99. The maximum Gasteiger partial charge on any atom is 0.417 e. The van der Waals surface area contributed by atoms with Crippen LogP contribution in [-0.2, 0) is 27.8 Å². The van der Waals surface area contributed by atoms with E-state index in [9.17, 15) is 26.4 Å². The zero-order valence-electron chi connectivity index (χ0n) is 18.8. The molecule has 0 fully saturated rings. The fourth-order valence-electron chi connectivity index (χ4n) is 3.46. The van der Waals surface area contributed by atoms with Crippen LogP contribution in [0.4, 0.5) is 13.2 Å². The quantitative estimate of drug-likeness (QED) is 0.372. The lowest BCUT2D eigenvalue weighted by atomic mass is 10.2. The molecule has 4 rings (SSSR count). The molecule has 0 unspecified atom stereocenters. The highest BCUT2D eigenvalue weighted by Gasteiger charge is 2.33. The zero-order valence-corrected chi connectivity index (χ0v) is 19.6. The van der Waals surface area contributed by atoms with E-state index in [0.717, 1.165) is 10.6 Å². The van der Waals surface area contributed by atoms with Gasteiger partial charge >= 0.3 is 6.18 Å². The standard InChI is InChI=1S/C20H20F3N7O4S/c1-4-35(32,33)19-14(16-24-6-5-13(30(16)28-19)18(31)25-7-8-34-3)17-27-12-9-11(20(21,22)23)10-26-15(12)29(17)2/h5-6,9-10H,4,7-8H2,1-3H3,(H,25,31). The molecule has 0 atom stereocenters. The molecule has 35 heavy (non-hydrogen) atoms.